The second kappa shape index (κ2) is 4.96. The fraction of sp³-hybridized carbons (Fsp3) is 0.273. The van der Waals surface area contributed by atoms with Gasteiger partial charge in [0.2, 0.25) is 5.91 Å². The lowest BCUT2D eigenvalue weighted by Gasteiger charge is -2.17. The summed E-state index contributed by atoms with van der Waals surface area (Å²) in [7, 11) is 1.38. The van der Waals surface area contributed by atoms with Gasteiger partial charge in [0.05, 0.1) is 35.5 Å². The maximum Gasteiger partial charge on any atom is 0.297 e. The van der Waals surface area contributed by atoms with E-state index in [2.05, 4.69) is 15.9 Å². The number of hydrogen-bond acceptors (Lipinski definition) is 5. The lowest BCUT2D eigenvalue weighted by molar-refractivity contribution is -0.384. The number of nitro groups is 1. The molecule has 0 N–H and O–H groups in total. The van der Waals surface area contributed by atoms with Gasteiger partial charge in [0.25, 0.3) is 5.69 Å². The van der Waals surface area contributed by atoms with Crippen molar-refractivity contribution in [1.82, 2.24) is 0 Å². The zero-order chi connectivity index (χ0) is 14.2. The molecule has 1 aliphatic rings. The Bertz CT molecular complexity index is 587. The summed E-state index contributed by atoms with van der Waals surface area (Å²) in [4.78, 5) is 34.6. The highest BCUT2D eigenvalue weighted by Crippen LogP contribution is 2.40. The summed E-state index contributed by atoms with van der Waals surface area (Å²) in [5, 5.41) is 11.1. The molecule has 2 rings (SSSR count). The van der Waals surface area contributed by atoms with Crippen LogP contribution in [0.2, 0.25) is 0 Å². The summed E-state index contributed by atoms with van der Waals surface area (Å²) in [6.45, 7) is -0.148. The van der Waals surface area contributed by atoms with E-state index in [0.29, 0.717) is 10.2 Å². The number of carbonyl (C=O) groups excluding carboxylic acids is 2. The van der Waals surface area contributed by atoms with E-state index >= 15 is 0 Å². The average molecular weight is 329 g/mol. The second-order valence-corrected chi connectivity index (χ2v) is 4.78. The predicted molar refractivity (Wildman–Crippen MR) is 69.3 cm³/mol. The first-order chi connectivity index (χ1) is 8.93. The highest BCUT2D eigenvalue weighted by atomic mass is 79.9. The first-order valence-electron chi connectivity index (χ1n) is 5.28. The Kier molecular flexibility index (Phi) is 3.52. The van der Waals surface area contributed by atoms with Crippen LogP contribution in [0.3, 0.4) is 0 Å². The van der Waals surface area contributed by atoms with Crippen molar-refractivity contribution in [2.24, 2.45) is 0 Å². The highest BCUT2D eigenvalue weighted by Gasteiger charge is 2.35. The van der Waals surface area contributed by atoms with Gasteiger partial charge in [-0.25, -0.2) is 0 Å². The molecule has 7 nitrogen and oxygen atoms in total. The van der Waals surface area contributed by atoms with E-state index in [1.54, 1.807) is 0 Å². The fourth-order valence-corrected chi connectivity index (χ4v) is 2.52. The summed E-state index contributed by atoms with van der Waals surface area (Å²) >= 11 is 3.17. The normalized spacial score (nSPS) is 14.9. The molecule has 1 aromatic rings. The minimum atomic E-state index is -0.612. The van der Waals surface area contributed by atoms with Gasteiger partial charge in [-0.3, -0.25) is 24.6 Å². The van der Waals surface area contributed by atoms with Crippen LogP contribution in [-0.2, 0) is 9.59 Å². The highest BCUT2D eigenvalue weighted by molar-refractivity contribution is 9.10. The summed E-state index contributed by atoms with van der Waals surface area (Å²) in [6, 6.07) is 2.73. The van der Waals surface area contributed by atoms with E-state index in [1.165, 1.54) is 19.2 Å². The SMILES string of the molecule is COc1cc(Br)c(N2CC(=O)CC2=O)c([N+](=O)[O-])c1. The second-order valence-electron chi connectivity index (χ2n) is 3.93. The molecule has 0 spiro atoms. The number of ether oxygens (including phenoxy) is 1. The maximum atomic E-state index is 11.7. The third-order valence-corrected chi connectivity index (χ3v) is 3.31. The molecule has 0 atom stereocenters. The largest absolute Gasteiger partial charge is 0.496 e. The van der Waals surface area contributed by atoms with E-state index in [9.17, 15) is 19.7 Å². The Morgan fingerprint density at radius 3 is 2.58 bits per heavy atom. The van der Waals surface area contributed by atoms with Crippen LogP contribution in [0.15, 0.2) is 16.6 Å². The van der Waals surface area contributed by atoms with Crippen molar-refractivity contribution < 1.29 is 19.2 Å². The molecule has 19 heavy (non-hydrogen) atoms. The molecule has 0 saturated carbocycles. The predicted octanol–water partition coefficient (Wildman–Crippen LogP) is 1.67. The minimum absolute atomic E-state index is 0.0849. The molecular weight excluding hydrogens is 320 g/mol. The number of ketones is 1. The van der Waals surface area contributed by atoms with Crippen molar-refractivity contribution >= 4 is 39.0 Å². The smallest absolute Gasteiger partial charge is 0.297 e. The zero-order valence-electron chi connectivity index (χ0n) is 9.88. The molecule has 8 heteroatoms. The number of nitrogens with zero attached hydrogens (tertiary/aromatic N) is 2. The molecular formula is C11H9BrN2O5. The Labute approximate surface area is 116 Å². The van der Waals surface area contributed by atoms with E-state index < -0.39 is 10.8 Å². The Hall–Kier alpha value is -1.96. The molecule has 0 unspecified atom stereocenters. The summed E-state index contributed by atoms with van der Waals surface area (Å²) in [5.74, 6) is -0.415. The Balaban J connectivity index is 2.58. The maximum absolute atomic E-state index is 11.7. The van der Waals surface area contributed by atoms with E-state index in [1.807, 2.05) is 0 Å². The lowest BCUT2D eigenvalue weighted by atomic mass is 10.2. The van der Waals surface area contributed by atoms with Crippen molar-refractivity contribution in [3.05, 3.63) is 26.7 Å². The van der Waals surface area contributed by atoms with Crippen molar-refractivity contribution in [1.29, 1.82) is 0 Å². The number of Topliss-reactive ketones (excluding diaryl/α,β-unsaturated/α-hetero) is 1. The van der Waals surface area contributed by atoms with Crippen LogP contribution >= 0.6 is 15.9 Å². The van der Waals surface area contributed by atoms with Crippen molar-refractivity contribution in [3.63, 3.8) is 0 Å². The molecule has 1 heterocycles. The van der Waals surface area contributed by atoms with Gasteiger partial charge in [-0.05, 0) is 22.0 Å². The third-order valence-electron chi connectivity index (χ3n) is 2.70. The van der Waals surface area contributed by atoms with Gasteiger partial charge >= 0.3 is 0 Å². The first-order valence-corrected chi connectivity index (χ1v) is 6.07. The van der Waals surface area contributed by atoms with Gasteiger partial charge in [-0.2, -0.15) is 0 Å². The van der Waals surface area contributed by atoms with Gasteiger partial charge < -0.3 is 4.74 Å². The van der Waals surface area contributed by atoms with Crippen LogP contribution in [0.25, 0.3) is 0 Å². The molecule has 0 aromatic heterocycles. The number of rotatable bonds is 3. The van der Waals surface area contributed by atoms with Crippen molar-refractivity contribution in [3.8, 4) is 5.75 Å². The van der Waals surface area contributed by atoms with Crippen LogP contribution in [0.4, 0.5) is 11.4 Å². The number of amides is 1. The molecule has 1 fully saturated rings. The number of nitro benzene ring substituents is 1. The molecule has 0 aliphatic carbocycles. The molecule has 1 aromatic carbocycles. The van der Waals surface area contributed by atoms with E-state index in [4.69, 9.17) is 4.74 Å². The summed E-state index contributed by atoms with van der Waals surface area (Å²) < 4.78 is 5.28. The molecule has 1 saturated heterocycles. The van der Waals surface area contributed by atoms with Gasteiger partial charge in [0.15, 0.2) is 5.78 Å². The molecule has 1 amide bonds. The van der Waals surface area contributed by atoms with Gasteiger partial charge in [-0.15, -0.1) is 0 Å². The monoisotopic (exact) mass is 328 g/mol. The van der Waals surface area contributed by atoms with Crippen molar-refractivity contribution in [2.75, 3.05) is 18.6 Å². The van der Waals surface area contributed by atoms with Gasteiger partial charge in [0, 0.05) is 0 Å². The van der Waals surface area contributed by atoms with Gasteiger partial charge in [-0.1, -0.05) is 0 Å². The first kappa shape index (κ1) is 13.5. The van der Waals surface area contributed by atoms with E-state index in [0.717, 1.165) is 4.90 Å². The number of anilines is 1. The number of carbonyl (C=O) groups is 2. The molecule has 1 aliphatic heterocycles. The topological polar surface area (TPSA) is 89.8 Å². The quantitative estimate of drug-likeness (QED) is 0.478. The molecule has 100 valence electrons. The molecule has 0 radical (unpaired) electrons. The summed E-state index contributed by atoms with van der Waals surface area (Å²) in [5.41, 5.74) is -0.198. The standard InChI is InChI=1S/C11H9BrN2O5/c1-19-7-3-8(12)11(9(4-7)14(17)18)13-5-6(15)2-10(13)16/h3-4H,2,5H2,1H3. The zero-order valence-corrected chi connectivity index (χ0v) is 11.5. The third kappa shape index (κ3) is 2.43. The van der Waals surface area contributed by atoms with Crippen LogP contribution < -0.4 is 9.64 Å². The number of hydrogen-bond donors (Lipinski definition) is 0. The van der Waals surface area contributed by atoms with Crippen LogP contribution in [0.5, 0.6) is 5.75 Å². The van der Waals surface area contributed by atoms with Gasteiger partial charge in [0.1, 0.15) is 11.4 Å². The Morgan fingerprint density at radius 2 is 2.11 bits per heavy atom. The van der Waals surface area contributed by atoms with Crippen molar-refractivity contribution in [2.45, 2.75) is 6.42 Å². The minimum Gasteiger partial charge on any atom is -0.496 e. The average Bonchev–Trinajstić information content (AvgIpc) is 2.66. The van der Waals surface area contributed by atoms with Crippen LogP contribution in [-0.4, -0.2) is 30.3 Å². The number of methoxy groups -OCH3 is 1. The van der Waals surface area contributed by atoms with Crippen LogP contribution in [0, 0.1) is 10.1 Å². The molecule has 0 bridgehead atoms. The Morgan fingerprint density at radius 1 is 1.42 bits per heavy atom. The van der Waals surface area contributed by atoms with Crippen LogP contribution in [0.1, 0.15) is 6.42 Å². The van der Waals surface area contributed by atoms with E-state index in [-0.39, 0.29) is 30.1 Å². The number of benzene rings is 1. The lowest BCUT2D eigenvalue weighted by Crippen LogP contribution is -2.25. The summed E-state index contributed by atoms with van der Waals surface area (Å²) in [6.07, 6.45) is -0.227. The number of halogens is 1. The fourth-order valence-electron chi connectivity index (χ4n) is 1.87.